The smallest absolute Gasteiger partial charge is 0.191 e. The van der Waals surface area contributed by atoms with Gasteiger partial charge >= 0.3 is 0 Å². The second kappa shape index (κ2) is 11.9. The van der Waals surface area contributed by atoms with Crippen LogP contribution in [-0.4, -0.2) is 63.9 Å². The molecule has 7 heteroatoms. The molecule has 1 unspecified atom stereocenters. The number of aryl methyl sites for hydroxylation is 1. The third-order valence-electron chi connectivity index (χ3n) is 5.22. The molecule has 0 spiro atoms. The van der Waals surface area contributed by atoms with Gasteiger partial charge in [0.05, 0.1) is 32.9 Å². The topological polar surface area (TPSA) is 58.1 Å². The summed E-state index contributed by atoms with van der Waals surface area (Å²) in [7, 11) is 1.72. The Labute approximate surface area is 184 Å². The van der Waals surface area contributed by atoms with Crippen LogP contribution >= 0.6 is 11.3 Å². The Hall–Kier alpha value is -2.09. The lowest BCUT2D eigenvalue weighted by Gasteiger charge is -2.33. The highest BCUT2D eigenvalue weighted by Crippen LogP contribution is 2.28. The van der Waals surface area contributed by atoms with Crippen LogP contribution in [0.4, 0.5) is 0 Å². The quantitative estimate of drug-likeness (QED) is 0.473. The Morgan fingerprint density at radius 1 is 1.20 bits per heavy atom. The number of morpholine rings is 1. The minimum Gasteiger partial charge on any atom is -0.496 e. The summed E-state index contributed by atoms with van der Waals surface area (Å²) in [5, 5.41) is 6.86. The molecular weight excluding hydrogens is 396 g/mol. The summed E-state index contributed by atoms with van der Waals surface area (Å²) in [6.07, 6.45) is 0.880. The van der Waals surface area contributed by atoms with Crippen LogP contribution in [-0.2, 0) is 11.2 Å². The van der Waals surface area contributed by atoms with Gasteiger partial charge in [-0.3, -0.25) is 9.89 Å². The zero-order valence-corrected chi connectivity index (χ0v) is 19.1. The standard InChI is InChI=1S/C23H34N4O2S/c1-4-24-23(25-12-11-19-7-5-6-8-21(19)28-3)26-17-20(22-10-9-18(2)30-22)27-13-15-29-16-14-27/h5-10,20H,4,11-17H2,1-3H3,(H2,24,25,26). The van der Waals surface area contributed by atoms with E-state index in [1.807, 2.05) is 29.5 Å². The van der Waals surface area contributed by atoms with Crippen molar-refractivity contribution in [3.8, 4) is 5.75 Å². The van der Waals surface area contributed by atoms with Crippen molar-refractivity contribution < 1.29 is 9.47 Å². The maximum absolute atomic E-state index is 5.56. The van der Waals surface area contributed by atoms with Crippen LogP contribution in [0.2, 0.25) is 0 Å². The zero-order valence-electron chi connectivity index (χ0n) is 18.3. The number of guanidine groups is 1. The summed E-state index contributed by atoms with van der Waals surface area (Å²) in [6.45, 7) is 10.1. The SMILES string of the molecule is CCNC(=NCC(c1ccc(C)s1)N1CCOCC1)NCCc1ccccc1OC. The lowest BCUT2D eigenvalue weighted by atomic mass is 10.1. The molecule has 0 bridgehead atoms. The van der Waals surface area contributed by atoms with Gasteiger partial charge in [0.2, 0.25) is 0 Å². The summed E-state index contributed by atoms with van der Waals surface area (Å²) < 4.78 is 11.0. The summed E-state index contributed by atoms with van der Waals surface area (Å²) >= 11 is 1.87. The van der Waals surface area contributed by atoms with Crippen molar-refractivity contribution in [1.82, 2.24) is 15.5 Å². The van der Waals surface area contributed by atoms with Gasteiger partial charge < -0.3 is 20.1 Å². The summed E-state index contributed by atoms with van der Waals surface area (Å²) in [5.41, 5.74) is 1.20. The van der Waals surface area contributed by atoms with Crippen molar-refractivity contribution >= 4 is 17.3 Å². The molecule has 2 N–H and O–H groups in total. The van der Waals surface area contributed by atoms with Gasteiger partial charge in [-0.2, -0.15) is 0 Å². The molecule has 1 atom stereocenters. The Kier molecular flexibility index (Phi) is 8.99. The van der Waals surface area contributed by atoms with Gasteiger partial charge in [0.15, 0.2) is 5.96 Å². The van der Waals surface area contributed by atoms with Crippen LogP contribution < -0.4 is 15.4 Å². The Balaban J connectivity index is 1.64. The second-order valence-electron chi connectivity index (χ2n) is 7.32. The number of methoxy groups -OCH3 is 1. The predicted octanol–water partition coefficient (Wildman–Crippen LogP) is 3.24. The van der Waals surface area contributed by atoms with Crippen molar-refractivity contribution in [3.05, 3.63) is 51.7 Å². The van der Waals surface area contributed by atoms with E-state index in [0.717, 1.165) is 64.1 Å². The van der Waals surface area contributed by atoms with Crippen LogP contribution in [0, 0.1) is 6.92 Å². The number of hydrogen-bond acceptors (Lipinski definition) is 5. The minimum atomic E-state index is 0.289. The van der Waals surface area contributed by atoms with Crippen molar-refractivity contribution in [1.29, 1.82) is 0 Å². The number of nitrogens with one attached hydrogen (secondary N) is 2. The normalized spacial score (nSPS) is 16.3. The molecule has 0 amide bonds. The highest BCUT2D eigenvalue weighted by Gasteiger charge is 2.23. The number of ether oxygens (including phenoxy) is 2. The molecule has 2 heterocycles. The number of nitrogens with zero attached hydrogens (tertiary/aromatic N) is 2. The van der Waals surface area contributed by atoms with Gasteiger partial charge in [-0.15, -0.1) is 11.3 Å². The van der Waals surface area contributed by atoms with Gasteiger partial charge in [-0.1, -0.05) is 18.2 Å². The lowest BCUT2D eigenvalue weighted by molar-refractivity contribution is 0.0186. The van der Waals surface area contributed by atoms with Crippen molar-refractivity contribution in [2.45, 2.75) is 26.3 Å². The first-order valence-corrected chi connectivity index (χ1v) is 11.5. The first kappa shape index (κ1) is 22.6. The summed E-state index contributed by atoms with van der Waals surface area (Å²) in [6, 6.07) is 12.9. The molecule has 30 heavy (non-hydrogen) atoms. The number of aliphatic imine (C=N–C) groups is 1. The number of benzene rings is 1. The Morgan fingerprint density at radius 2 is 2.00 bits per heavy atom. The fourth-order valence-electron chi connectivity index (χ4n) is 3.65. The zero-order chi connectivity index (χ0) is 21.2. The largest absolute Gasteiger partial charge is 0.496 e. The third-order valence-corrected chi connectivity index (χ3v) is 6.32. The van der Waals surface area contributed by atoms with Crippen LogP contribution in [0.5, 0.6) is 5.75 Å². The van der Waals surface area contributed by atoms with Crippen LogP contribution in [0.3, 0.4) is 0 Å². The van der Waals surface area contributed by atoms with E-state index >= 15 is 0 Å². The average molecular weight is 431 g/mol. The first-order chi connectivity index (χ1) is 14.7. The molecule has 1 saturated heterocycles. The molecule has 164 valence electrons. The van der Waals surface area contributed by atoms with E-state index in [-0.39, 0.29) is 6.04 Å². The van der Waals surface area contributed by atoms with E-state index in [0.29, 0.717) is 0 Å². The molecule has 3 rings (SSSR count). The fourth-order valence-corrected chi connectivity index (χ4v) is 4.66. The van der Waals surface area contributed by atoms with E-state index in [4.69, 9.17) is 14.5 Å². The minimum absolute atomic E-state index is 0.289. The number of hydrogen-bond donors (Lipinski definition) is 2. The molecule has 6 nitrogen and oxygen atoms in total. The van der Waals surface area contributed by atoms with E-state index in [9.17, 15) is 0 Å². The molecule has 1 aliphatic heterocycles. The molecule has 1 fully saturated rings. The second-order valence-corrected chi connectivity index (χ2v) is 8.64. The van der Waals surface area contributed by atoms with Crippen LogP contribution in [0.15, 0.2) is 41.4 Å². The van der Waals surface area contributed by atoms with Crippen LogP contribution in [0.25, 0.3) is 0 Å². The first-order valence-electron chi connectivity index (χ1n) is 10.7. The third kappa shape index (κ3) is 6.45. The highest BCUT2D eigenvalue weighted by atomic mass is 32.1. The number of para-hydroxylation sites is 1. The Morgan fingerprint density at radius 3 is 2.70 bits per heavy atom. The van der Waals surface area contributed by atoms with Crippen LogP contribution in [0.1, 0.15) is 28.3 Å². The van der Waals surface area contributed by atoms with Crippen molar-refractivity contribution in [3.63, 3.8) is 0 Å². The molecule has 1 aromatic carbocycles. The van der Waals surface area contributed by atoms with E-state index in [1.165, 1.54) is 15.3 Å². The fraction of sp³-hybridized carbons (Fsp3) is 0.522. The van der Waals surface area contributed by atoms with E-state index < -0.39 is 0 Å². The van der Waals surface area contributed by atoms with E-state index in [1.54, 1.807) is 7.11 Å². The van der Waals surface area contributed by atoms with Gasteiger partial charge in [-0.25, -0.2) is 0 Å². The monoisotopic (exact) mass is 430 g/mol. The lowest BCUT2D eigenvalue weighted by Crippen LogP contribution is -2.42. The number of thiophene rings is 1. The van der Waals surface area contributed by atoms with Crippen molar-refractivity contribution in [2.24, 2.45) is 4.99 Å². The molecule has 0 aliphatic carbocycles. The number of rotatable bonds is 9. The van der Waals surface area contributed by atoms with Crippen molar-refractivity contribution in [2.75, 3.05) is 53.0 Å². The summed E-state index contributed by atoms with van der Waals surface area (Å²) in [5.74, 6) is 1.79. The van der Waals surface area contributed by atoms with Gasteiger partial charge in [0.1, 0.15) is 5.75 Å². The van der Waals surface area contributed by atoms with Gasteiger partial charge in [0, 0.05) is 35.9 Å². The Bertz CT molecular complexity index is 802. The molecule has 0 saturated carbocycles. The predicted molar refractivity (Wildman–Crippen MR) is 125 cm³/mol. The van der Waals surface area contributed by atoms with E-state index in [2.05, 4.69) is 47.6 Å². The van der Waals surface area contributed by atoms with Gasteiger partial charge in [-0.05, 0) is 44.0 Å². The maximum atomic E-state index is 5.56. The average Bonchev–Trinajstić information content (AvgIpc) is 3.21. The highest BCUT2D eigenvalue weighted by molar-refractivity contribution is 7.12. The molecule has 1 aliphatic rings. The molecule has 2 aromatic rings. The molecule has 1 aromatic heterocycles. The molecular formula is C23H34N4O2S. The molecule has 0 radical (unpaired) electrons. The maximum Gasteiger partial charge on any atom is 0.191 e. The summed E-state index contributed by atoms with van der Waals surface area (Å²) in [4.78, 5) is 10.2. The van der Waals surface area contributed by atoms with Gasteiger partial charge in [0.25, 0.3) is 0 Å².